The number of nitro benzene ring substituents is 1. The summed E-state index contributed by atoms with van der Waals surface area (Å²) in [6.45, 7) is 0. The van der Waals surface area contributed by atoms with Crippen molar-refractivity contribution in [1.82, 2.24) is 4.98 Å². The maximum Gasteiger partial charge on any atom is 0.340 e. The van der Waals surface area contributed by atoms with Crippen LogP contribution in [-0.4, -0.2) is 44.1 Å². The Hall–Kier alpha value is -3.94. The Bertz CT molecular complexity index is 1170. The molecule has 2 aromatic carbocycles. The van der Waals surface area contributed by atoms with Gasteiger partial charge < -0.3 is 14.5 Å². The zero-order chi connectivity index (χ0) is 22.3. The molecule has 0 bridgehead atoms. The number of hydrogen-bond donors (Lipinski definition) is 0. The fourth-order valence-electron chi connectivity index (χ4n) is 3.91. The Labute approximate surface area is 179 Å². The van der Waals surface area contributed by atoms with E-state index in [0.717, 1.165) is 5.69 Å². The summed E-state index contributed by atoms with van der Waals surface area (Å²) in [5.41, 5.74) is 1.73. The van der Waals surface area contributed by atoms with Crippen LogP contribution in [0, 0.1) is 10.1 Å². The zero-order valence-corrected chi connectivity index (χ0v) is 17.7. The number of pyridine rings is 1. The van der Waals surface area contributed by atoms with Crippen molar-refractivity contribution < 1.29 is 14.5 Å². The molecule has 1 atom stereocenters. The van der Waals surface area contributed by atoms with E-state index >= 15 is 0 Å². The maximum absolute atomic E-state index is 12.8. The average Bonchev–Trinajstić information content (AvgIpc) is 3.07. The summed E-state index contributed by atoms with van der Waals surface area (Å²) in [5, 5.41) is 12.1. The number of fused-ring (bicyclic) bond motifs is 1. The van der Waals surface area contributed by atoms with E-state index in [1.54, 1.807) is 29.3 Å². The van der Waals surface area contributed by atoms with Crippen LogP contribution in [0.2, 0.25) is 0 Å². The molecule has 1 aliphatic rings. The summed E-state index contributed by atoms with van der Waals surface area (Å²) in [6, 6.07) is 13.9. The van der Waals surface area contributed by atoms with Crippen LogP contribution in [0.5, 0.6) is 0 Å². The molecule has 0 saturated carbocycles. The Kier molecular flexibility index (Phi) is 4.85. The fraction of sp³-hybridized carbons (Fsp3) is 0.217. The predicted molar refractivity (Wildman–Crippen MR) is 118 cm³/mol. The highest BCUT2D eigenvalue weighted by atomic mass is 16.6. The van der Waals surface area contributed by atoms with Crippen molar-refractivity contribution in [2.75, 3.05) is 38.0 Å². The first-order chi connectivity index (χ1) is 14.8. The Morgan fingerprint density at radius 3 is 2.19 bits per heavy atom. The van der Waals surface area contributed by atoms with E-state index < -0.39 is 16.5 Å². The molecule has 1 unspecified atom stereocenters. The summed E-state index contributed by atoms with van der Waals surface area (Å²) in [4.78, 5) is 32.4. The number of aromatic nitrogens is 1. The van der Waals surface area contributed by atoms with E-state index in [1.807, 2.05) is 57.4 Å². The molecule has 8 heteroatoms. The minimum Gasteiger partial charge on any atom is -0.440 e. The van der Waals surface area contributed by atoms with Crippen LogP contribution in [0.25, 0.3) is 0 Å². The number of benzene rings is 2. The van der Waals surface area contributed by atoms with E-state index in [1.165, 1.54) is 12.3 Å². The third-order valence-electron chi connectivity index (χ3n) is 5.53. The first-order valence-electron chi connectivity index (χ1n) is 9.67. The first-order valence-corrected chi connectivity index (χ1v) is 9.67. The molecule has 0 saturated heterocycles. The Morgan fingerprint density at radius 1 is 0.935 bits per heavy atom. The summed E-state index contributed by atoms with van der Waals surface area (Å²) >= 11 is 0. The maximum atomic E-state index is 12.8. The van der Waals surface area contributed by atoms with Crippen LogP contribution < -0.4 is 9.80 Å². The first kappa shape index (κ1) is 20.3. The predicted octanol–water partition coefficient (Wildman–Crippen LogP) is 3.58. The summed E-state index contributed by atoms with van der Waals surface area (Å²) in [5.74, 6) is -0.542. The highest BCUT2D eigenvalue weighted by molar-refractivity contribution is 5.96. The minimum atomic E-state index is -1.47. The molecule has 0 amide bonds. The molecule has 8 nitrogen and oxygen atoms in total. The van der Waals surface area contributed by atoms with E-state index in [9.17, 15) is 14.9 Å². The number of ether oxygens (including phenoxy) is 1. The van der Waals surface area contributed by atoms with Gasteiger partial charge in [0.05, 0.1) is 16.1 Å². The Morgan fingerprint density at radius 2 is 1.58 bits per heavy atom. The van der Waals surface area contributed by atoms with Gasteiger partial charge in [-0.05, 0) is 30.3 Å². The number of hydrogen-bond acceptors (Lipinski definition) is 7. The number of cyclic esters (lactones) is 1. The molecule has 1 aliphatic heterocycles. The highest BCUT2D eigenvalue weighted by Crippen LogP contribution is 2.50. The summed E-state index contributed by atoms with van der Waals surface area (Å²) in [7, 11) is 7.46. The van der Waals surface area contributed by atoms with Crippen LogP contribution in [0.3, 0.4) is 0 Å². The van der Waals surface area contributed by atoms with Crippen molar-refractivity contribution in [2.24, 2.45) is 0 Å². The van der Waals surface area contributed by atoms with Gasteiger partial charge in [0, 0.05) is 69.2 Å². The summed E-state index contributed by atoms with van der Waals surface area (Å²) in [6.07, 6.45) is 3.05. The molecular weight excluding hydrogens is 396 g/mol. The van der Waals surface area contributed by atoms with Gasteiger partial charge in [-0.3, -0.25) is 15.1 Å². The van der Waals surface area contributed by atoms with Gasteiger partial charge in [0.2, 0.25) is 0 Å². The van der Waals surface area contributed by atoms with Gasteiger partial charge in [-0.25, -0.2) is 4.79 Å². The molecule has 0 N–H and O–H groups in total. The Balaban J connectivity index is 2.05. The second kappa shape index (κ2) is 7.39. The molecule has 1 aromatic heterocycles. The molecule has 3 aromatic rings. The van der Waals surface area contributed by atoms with Crippen molar-refractivity contribution in [1.29, 1.82) is 0 Å². The fourth-order valence-corrected chi connectivity index (χ4v) is 3.91. The molecule has 0 aliphatic carbocycles. The lowest BCUT2D eigenvalue weighted by Crippen LogP contribution is -2.31. The monoisotopic (exact) mass is 418 g/mol. The van der Waals surface area contributed by atoms with Gasteiger partial charge in [0.25, 0.3) is 5.69 Å². The van der Waals surface area contributed by atoms with Crippen LogP contribution in [0.15, 0.2) is 60.9 Å². The van der Waals surface area contributed by atoms with Crippen molar-refractivity contribution in [3.8, 4) is 0 Å². The van der Waals surface area contributed by atoms with Gasteiger partial charge in [-0.15, -0.1) is 0 Å². The largest absolute Gasteiger partial charge is 0.440 e. The number of carbonyl (C=O) groups is 1. The second-order valence-corrected chi connectivity index (χ2v) is 7.79. The number of carbonyl (C=O) groups excluding carboxylic acids is 1. The van der Waals surface area contributed by atoms with Crippen LogP contribution in [0.4, 0.5) is 17.1 Å². The molecular formula is C23H22N4O4. The summed E-state index contributed by atoms with van der Waals surface area (Å²) < 4.78 is 5.97. The third-order valence-corrected chi connectivity index (χ3v) is 5.53. The lowest BCUT2D eigenvalue weighted by atomic mass is 9.79. The quantitative estimate of drug-likeness (QED) is 0.355. The number of anilines is 2. The van der Waals surface area contributed by atoms with Gasteiger partial charge in [0.1, 0.15) is 0 Å². The standard InChI is InChI=1S/C23H22N4O4/c1-25(2)16-7-5-15(6-8-16)23(20-14-24-12-11-18(20)22(28)31-23)19-10-9-17(26(3)4)13-21(19)27(29)30/h5-14H,1-4H3. The molecule has 2 heterocycles. The lowest BCUT2D eigenvalue weighted by Gasteiger charge is -2.30. The van der Waals surface area contributed by atoms with Crippen LogP contribution in [0.1, 0.15) is 27.0 Å². The molecule has 31 heavy (non-hydrogen) atoms. The number of esters is 1. The number of nitro groups is 1. The van der Waals surface area contributed by atoms with Crippen LogP contribution in [-0.2, 0) is 10.3 Å². The number of rotatable bonds is 5. The van der Waals surface area contributed by atoms with Crippen molar-refractivity contribution >= 4 is 23.0 Å². The van der Waals surface area contributed by atoms with Gasteiger partial charge in [-0.2, -0.15) is 0 Å². The lowest BCUT2D eigenvalue weighted by molar-refractivity contribution is -0.386. The third kappa shape index (κ3) is 3.16. The molecule has 0 fully saturated rings. The van der Waals surface area contributed by atoms with E-state index in [-0.39, 0.29) is 11.3 Å². The van der Waals surface area contributed by atoms with Crippen molar-refractivity contribution in [3.63, 3.8) is 0 Å². The molecule has 4 rings (SSSR count). The van der Waals surface area contributed by atoms with Crippen LogP contribution >= 0.6 is 0 Å². The topological polar surface area (TPSA) is 88.8 Å². The highest BCUT2D eigenvalue weighted by Gasteiger charge is 2.52. The average molecular weight is 418 g/mol. The van der Waals surface area contributed by atoms with E-state index in [0.29, 0.717) is 22.4 Å². The SMILES string of the molecule is CN(C)c1ccc(C2(c3ccc(N(C)C)cc3[N+](=O)[O-])OC(=O)c3ccncc32)cc1. The normalized spacial score (nSPS) is 17.1. The number of nitrogens with zero attached hydrogens (tertiary/aromatic N) is 4. The zero-order valence-electron chi connectivity index (χ0n) is 17.7. The van der Waals surface area contributed by atoms with Gasteiger partial charge >= 0.3 is 5.97 Å². The minimum absolute atomic E-state index is 0.132. The second-order valence-electron chi connectivity index (χ2n) is 7.79. The molecule has 0 radical (unpaired) electrons. The van der Waals surface area contributed by atoms with E-state index in [4.69, 9.17) is 4.74 Å². The molecule has 0 spiro atoms. The smallest absolute Gasteiger partial charge is 0.340 e. The van der Waals surface area contributed by atoms with Gasteiger partial charge in [-0.1, -0.05) is 12.1 Å². The van der Waals surface area contributed by atoms with E-state index in [2.05, 4.69) is 4.98 Å². The molecule has 158 valence electrons. The van der Waals surface area contributed by atoms with Crippen molar-refractivity contribution in [2.45, 2.75) is 5.60 Å². The van der Waals surface area contributed by atoms with Crippen molar-refractivity contribution in [3.05, 3.63) is 93.3 Å². The van der Waals surface area contributed by atoms with Gasteiger partial charge in [0.15, 0.2) is 5.60 Å².